The maximum Gasteiger partial charge on any atom is 0.416 e. The maximum atomic E-state index is 13.9. The molecule has 0 N–H and O–H groups in total. The normalized spacial score (nSPS) is 24.2. The van der Waals surface area contributed by atoms with Crippen LogP contribution in [0.2, 0.25) is 5.02 Å². The van der Waals surface area contributed by atoms with E-state index in [9.17, 15) is 32.3 Å². The van der Waals surface area contributed by atoms with E-state index in [0.717, 1.165) is 12.1 Å². The van der Waals surface area contributed by atoms with Crippen LogP contribution < -0.4 is 4.90 Å². The van der Waals surface area contributed by atoms with Gasteiger partial charge >= 0.3 is 6.18 Å². The van der Waals surface area contributed by atoms with Gasteiger partial charge in [0.15, 0.2) is 0 Å². The molecule has 3 aliphatic rings. The summed E-state index contributed by atoms with van der Waals surface area (Å²) >= 11 is 6.17. The van der Waals surface area contributed by atoms with Gasteiger partial charge in [-0.15, -0.1) is 0 Å². The largest absolute Gasteiger partial charge is 0.416 e. The van der Waals surface area contributed by atoms with Crippen molar-refractivity contribution in [1.29, 1.82) is 0 Å². The fraction of sp³-hybridized carbons (Fsp3) is 0.185. The second-order valence-electron chi connectivity index (χ2n) is 9.07. The summed E-state index contributed by atoms with van der Waals surface area (Å²) < 4.78 is 46.5. The molecule has 0 aromatic heterocycles. The number of halogens is 4. The third-order valence-electron chi connectivity index (χ3n) is 7.16. The van der Waals surface area contributed by atoms with Crippen molar-refractivity contribution in [2.75, 3.05) is 4.90 Å². The number of fused-ring (bicyclic) bond motifs is 3. The summed E-state index contributed by atoms with van der Waals surface area (Å²) in [5.74, 6) is -6.40. The number of Topliss-reactive ketones (excluding diaryl/α,β-unsaturated/α-hetero) is 2. The quantitative estimate of drug-likeness (QED) is 0.345. The number of alkyl halides is 3. The number of carbonyl (C=O) groups is 4. The van der Waals surface area contributed by atoms with Crippen LogP contribution in [0.5, 0.6) is 0 Å². The molecule has 2 heterocycles. The minimum Gasteiger partial charge on any atom is -0.349 e. The van der Waals surface area contributed by atoms with Crippen LogP contribution in [0.4, 0.5) is 18.9 Å². The van der Waals surface area contributed by atoms with Crippen molar-refractivity contribution in [3.63, 3.8) is 0 Å². The number of carbonyl (C=O) groups excluding carboxylic acids is 4. The molecule has 37 heavy (non-hydrogen) atoms. The summed E-state index contributed by atoms with van der Waals surface area (Å²) in [6.45, 7) is 0. The maximum absolute atomic E-state index is 13.9. The Morgan fingerprint density at radius 2 is 1.41 bits per heavy atom. The Labute approximate surface area is 212 Å². The molecule has 3 unspecified atom stereocenters. The molecular weight excluding hydrogens is 511 g/mol. The summed E-state index contributed by atoms with van der Waals surface area (Å²) in [5, 5.41) is -0.270. The molecule has 6 rings (SSSR count). The highest BCUT2D eigenvalue weighted by molar-refractivity contribution is 6.39. The summed E-state index contributed by atoms with van der Waals surface area (Å²) in [6.07, 6.45) is -5.95. The van der Waals surface area contributed by atoms with Crippen LogP contribution in [0.15, 0.2) is 72.8 Å². The first kappa shape index (κ1) is 23.6. The standard InChI is InChI=1S/C27H15ClF3NO5/c28-17-11-10-14(27(29,30)31)12-18(17)32-24(35)19-20(25(32)36)26(37-21(19)13-6-2-1-3-7-13)22(33)15-8-4-5-9-16(15)23(26)34/h1-12,19-21H. The molecule has 10 heteroatoms. The molecule has 0 bridgehead atoms. The molecule has 1 aliphatic carbocycles. The lowest BCUT2D eigenvalue weighted by molar-refractivity contribution is -0.137. The minimum atomic E-state index is -4.77. The zero-order valence-electron chi connectivity index (χ0n) is 18.7. The number of ketones is 2. The number of nitrogens with zero attached hydrogens (tertiary/aromatic N) is 1. The van der Waals surface area contributed by atoms with Gasteiger partial charge < -0.3 is 4.74 Å². The number of anilines is 1. The van der Waals surface area contributed by atoms with Crippen LogP contribution in [-0.2, 0) is 20.5 Å². The molecule has 2 aliphatic heterocycles. The lowest BCUT2D eigenvalue weighted by Gasteiger charge is -2.27. The summed E-state index contributed by atoms with van der Waals surface area (Å²) in [6, 6.07) is 16.5. The summed E-state index contributed by atoms with van der Waals surface area (Å²) in [7, 11) is 0. The SMILES string of the molecule is O=C1C2C(c3ccccc3)OC3(C(=O)c4ccccc4C3=O)C2C(=O)N1c1cc(C(F)(F)F)ccc1Cl. The van der Waals surface area contributed by atoms with Crippen molar-refractivity contribution < 1.29 is 37.1 Å². The molecular formula is C27H15ClF3NO5. The molecule has 1 spiro atoms. The molecule has 2 saturated heterocycles. The molecule has 3 aromatic rings. The van der Waals surface area contributed by atoms with Crippen LogP contribution >= 0.6 is 11.6 Å². The van der Waals surface area contributed by atoms with Gasteiger partial charge in [-0.25, -0.2) is 4.90 Å². The number of imide groups is 1. The first-order valence-electron chi connectivity index (χ1n) is 11.2. The van der Waals surface area contributed by atoms with Crippen LogP contribution in [0.25, 0.3) is 0 Å². The van der Waals surface area contributed by atoms with Gasteiger partial charge in [0.1, 0.15) is 0 Å². The van der Waals surface area contributed by atoms with E-state index in [1.807, 2.05) is 0 Å². The minimum absolute atomic E-state index is 0.0516. The van der Waals surface area contributed by atoms with Gasteiger partial charge in [0, 0.05) is 11.1 Å². The van der Waals surface area contributed by atoms with E-state index < -0.39 is 64.3 Å². The van der Waals surface area contributed by atoms with E-state index in [0.29, 0.717) is 16.5 Å². The second kappa shape index (κ2) is 7.84. The average Bonchev–Trinajstić information content (AvgIpc) is 3.44. The van der Waals surface area contributed by atoms with Gasteiger partial charge in [-0.05, 0) is 23.8 Å². The van der Waals surface area contributed by atoms with Crippen molar-refractivity contribution in [2.24, 2.45) is 11.8 Å². The molecule has 2 amide bonds. The number of hydrogen-bond donors (Lipinski definition) is 0. The van der Waals surface area contributed by atoms with Crippen LogP contribution in [0.3, 0.4) is 0 Å². The summed E-state index contributed by atoms with van der Waals surface area (Å²) in [4.78, 5) is 55.6. The van der Waals surface area contributed by atoms with E-state index in [2.05, 4.69) is 0 Å². The van der Waals surface area contributed by atoms with E-state index in [1.54, 1.807) is 42.5 Å². The van der Waals surface area contributed by atoms with E-state index in [1.165, 1.54) is 12.1 Å². The number of benzene rings is 3. The number of amides is 2. The average molecular weight is 526 g/mol. The third-order valence-corrected chi connectivity index (χ3v) is 7.48. The van der Waals surface area contributed by atoms with Gasteiger partial charge in [0.05, 0.1) is 34.2 Å². The number of hydrogen-bond acceptors (Lipinski definition) is 5. The molecule has 0 radical (unpaired) electrons. The first-order valence-corrected chi connectivity index (χ1v) is 11.6. The lowest BCUT2D eigenvalue weighted by Crippen LogP contribution is -2.51. The lowest BCUT2D eigenvalue weighted by atomic mass is 9.77. The molecule has 186 valence electrons. The Balaban J connectivity index is 1.55. The molecule has 0 saturated carbocycles. The third kappa shape index (κ3) is 3.10. The highest BCUT2D eigenvalue weighted by Crippen LogP contribution is 2.58. The zero-order chi connectivity index (χ0) is 26.3. The van der Waals surface area contributed by atoms with Crippen molar-refractivity contribution in [3.8, 4) is 0 Å². The first-order chi connectivity index (χ1) is 17.6. The smallest absolute Gasteiger partial charge is 0.349 e. The Kier molecular flexibility index (Phi) is 4.99. The van der Waals surface area contributed by atoms with E-state index in [4.69, 9.17) is 16.3 Å². The van der Waals surface area contributed by atoms with Gasteiger partial charge in [0.2, 0.25) is 29.0 Å². The van der Waals surface area contributed by atoms with Crippen molar-refractivity contribution in [1.82, 2.24) is 0 Å². The fourth-order valence-corrected chi connectivity index (χ4v) is 5.76. The van der Waals surface area contributed by atoms with Gasteiger partial charge in [-0.3, -0.25) is 19.2 Å². The highest BCUT2D eigenvalue weighted by Gasteiger charge is 2.74. The van der Waals surface area contributed by atoms with Gasteiger partial charge in [-0.2, -0.15) is 13.2 Å². The van der Waals surface area contributed by atoms with Crippen molar-refractivity contribution in [2.45, 2.75) is 17.9 Å². The predicted octanol–water partition coefficient (Wildman–Crippen LogP) is 5.05. The van der Waals surface area contributed by atoms with Crippen molar-refractivity contribution in [3.05, 3.63) is 100 Å². The monoisotopic (exact) mass is 525 g/mol. The zero-order valence-corrected chi connectivity index (χ0v) is 19.4. The van der Waals surface area contributed by atoms with Crippen LogP contribution in [-0.4, -0.2) is 29.0 Å². The topological polar surface area (TPSA) is 80.8 Å². The molecule has 3 aromatic carbocycles. The Bertz CT molecular complexity index is 1480. The molecule has 3 atom stereocenters. The van der Waals surface area contributed by atoms with Crippen molar-refractivity contribution >= 4 is 40.7 Å². The van der Waals surface area contributed by atoms with Crippen LogP contribution in [0.1, 0.15) is 37.9 Å². The molecule has 6 nitrogen and oxygen atoms in total. The highest BCUT2D eigenvalue weighted by atomic mass is 35.5. The summed E-state index contributed by atoms with van der Waals surface area (Å²) in [5.41, 5.74) is -3.38. The predicted molar refractivity (Wildman–Crippen MR) is 124 cm³/mol. The van der Waals surface area contributed by atoms with E-state index >= 15 is 0 Å². The van der Waals surface area contributed by atoms with Gasteiger partial charge in [-0.1, -0.05) is 66.2 Å². The number of rotatable bonds is 2. The van der Waals surface area contributed by atoms with Gasteiger partial charge in [0.25, 0.3) is 0 Å². The Morgan fingerprint density at radius 1 is 0.811 bits per heavy atom. The van der Waals surface area contributed by atoms with Crippen LogP contribution in [0, 0.1) is 11.8 Å². The fourth-order valence-electron chi connectivity index (χ4n) is 5.56. The van der Waals surface area contributed by atoms with E-state index in [-0.39, 0.29) is 16.1 Å². The Hall–Kier alpha value is -3.82. The Morgan fingerprint density at radius 3 is 2.00 bits per heavy atom. The number of ether oxygens (including phenoxy) is 1. The second-order valence-corrected chi connectivity index (χ2v) is 9.48. The molecule has 2 fully saturated rings.